The Hall–Kier alpha value is -2.57. The molecule has 1 N–H and O–H groups in total. The molecule has 3 rings (SSSR count). The van der Waals surface area contributed by atoms with Gasteiger partial charge in [0.15, 0.2) is 6.61 Å². The third-order valence-electron chi connectivity index (χ3n) is 4.34. The van der Waals surface area contributed by atoms with Crippen LogP contribution in [0.3, 0.4) is 0 Å². The van der Waals surface area contributed by atoms with Crippen molar-refractivity contribution in [2.45, 2.75) is 12.8 Å². The second-order valence-corrected chi connectivity index (χ2v) is 7.09. The van der Waals surface area contributed by atoms with Crippen LogP contribution in [0.1, 0.15) is 22.3 Å². The minimum atomic E-state index is -0.711. The van der Waals surface area contributed by atoms with E-state index in [1.165, 1.54) is 18.2 Å². The van der Waals surface area contributed by atoms with Gasteiger partial charge in [0.05, 0.1) is 10.6 Å². The van der Waals surface area contributed by atoms with Crippen molar-refractivity contribution in [2.24, 2.45) is 0 Å². The van der Waals surface area contributed by atoms with Gasteiger partial charge in [-0.1, -0.05) is 41.4 Å². The Balaban J connectivity index is 1.49. The molecule has 0 unspecified atom stereocenters. The maximum absolute atomic E-state index is 12.4. The van der Waals surface area contributed by atoms with E-state index in [0.29, 0.717) is 11.6 Å². The first-order valence-corrected chi connectivity index (χ1v) is 9.48. The van der Waals surface area contributed by atoms with Gasteiger partial charge in [-0.2, -0.15) is 0 Å². The summed E-state index contributed by atoms with van der Waals surface area (Å²) in [5.74, 6) is -1.54. The number of benzene rings is 2. The Morgan fingerprint density at radius 2 is 1.89 bits per heavy atom. The largest absolute Gasteiger partial charge is 0.454 e. The molecule has 28 heavy (non-hydrogen) atoms. The molecule has 146 valence electrons. The molecular formula is C20H18Cl2N2O4. The van der Waals surface area contributed by atoms with Gasteiger partial charge >= 0.3 is 5.97 Å². The van der Waals surface area contributed by atoms with Crippen LogP contribution >= 0.6 is 23.2 Å². The average Bonchev–Trinajstić information content (AvgIpc) is 2.69. The number of hydrogen-bond donors (Lipinski definition) is 1. The Labute approximate surface area is 172 Å². The number of rotatable bonds is 5. The molecule has 0 spiro atoms. The van der Waals surface area contributed by atoms with E-state index in [4.69, 9.17) is 27.9 Å². The fourth-order valence-corrected chi connectivity index (χ4v) is 3.48. The van der Waals surface area contributed by atoms with Gasteiger partial charge in [-0.05, 0) is 42.7 Å². The standard InChI is InChI=1S/C20H18Cl2N2O4/c21-14-7-8-15(16(22)10-14)20(27)23-11-19(26)28-12-18(25)24-9-3-5-13-4-1-2-6-17(13)24/h1-2,4,6-8,10H,3,5,9,11-12H2,(H,23,27). The predicted molar refractivity (Wildman–Crippen MR) is 107 cm³/mol. The lowest BCUT2D eigenvalue weighted by Crippen LogP contribution is -2.39. The molecule has 2 aromatic carbocycles. The number of fused-ring (bicyclic) bond motifs is 1. The molecule has 0 aliphatic carbocycles. The number of carbonyl (C=O) groups is 3. The number of nitrogens with zero attached hydrogens (tertiary/aromatic N) is 1. The third-order valence-corrected chi connectivity index (χ3v) is 4.88. The number of carbonyl (C=O) groups excluding carboxylic acids is 3. The van der Waals surface area contributed by atoms with Crippen LogP contribution in [-0.2, 0) is 20.7 Å². The summed E-state index contributed by atoms with van der Waals surface area (Å²) in [6, 6.07) is 12.1. The molecule has 0 fully saturated rings. The molecule has 1 aliphatic heterocycles. The van der Waals surface area contributed by atoms with Gasteiger partial charge in [-0.15, -0.1) is 0 Å². The van der Waals surface area contributed by atoms with Crippen molar-refractivity contribution in [1.29, 1.82) is 0 Å². The molecule has 0 atom stereocenters. The summed E-state index contributed by atoms with van der Waals surface area (Å²) in [6.45, 7) is -0.175. The second-order valence-electron chi connectivity index (χ2n) is 6.25. The van der Waals surface area contributed by atoms with Crippen molar-refractivity contribution in [3.05, 3.63) is 63.6 Å². The van der Waals surface area contributed by atoms with E-state index in [1.807, 2.05) is 24.3 Å². The van der Waals surface area contributed by atoms with Gasteiger partial charge in [-0.25, -0.2) is 0 Å². The highest BCUT2D eigenvalue weighted by Gasteiger charge is 2.23. The molecular weight excluding hydrogens is 403 g/mol. The first-order chi connectivity index (χ1) is 13.5. The fraction of sp³-hybridized carbons (Fsp3) is 0.250. The summed E-state index contributed by atoms with van der Waals surface area (Å²) in [4.78, 5) is 38.0. The predicted octanol–water partition coefficient (Wildman–Crippen LogP) is 3.25. The Kier molecular flexibility index (Phi) is 6.54. The maximum Gasteiger partial charge on any atom is 0.325 e. The molecule has 0 bridgehead atoms. The van der Waals surface area contributed by atoms with Crippen LogP contribution in [0.15, 0.2) is 42.5 Å². The fourth-order valence-electron chi connectivity index (χ4n) is 2.99. The summed E-state index contributed by atoms with van der Waals surface area (Å²) < 4.78 is 5.01. The van der Waals surface area contributed by atoms with Crippen LogP contribution in [0.2, 0.25) is 10.0 Å². The van der Waals surface area contributed by atoms with Crippen molar-refractivity contribution < 1.29 is 19.1 Å². The number of aryl methyl sites for hydroxylation is 1. The van der Waals surface area contributed by atoms with Crippen molar-refractivity contribution in [3.8, 4) is 0 Å². The highest BCUT2D eigenvalue weighted by Crippen LogP contribution is 2.26. The Morgan fingerprint density at radius 1 is 1.11 bits per heavy atom. The lowest BCUT2D eigenvalue weighted by molar-refractivity contribution is -0.146. The molecule has 0 aromatic heterocycles. The van der Waals surface area contributed by atoms with Crippen molar-refractivity contribution >= 4 is 46.7 Å². The number of amides is 2. The minimum absolute atomic E-state index is 0.178. The monoisotopic (exact) mass is 420 g/mol. The lowest BCUT2D eigenvalue weighted by Gasteiger charge is -2.29. The molecule has 0 saturated heterocycles. The third kappa shape index (κ3) is 4.82. The molecule has 0 saturated carbocycles. The van der Waals surface area contributed by atoms with E-state index in [2.05, 4.69) is 5.32 Å². The molecule has 8 heteroatoms. The van der Waals surface area contributed by atoms with Gasteiger partial charge in [0.25, 0.3) is 11.8 Å². The number of ether oxygens (including phenoxy) is 1. The summed E-state index contributed by atoms with van der Waals surface area (Å²) in [5, 5.41) is 2.99. The lowest BCUT2D eigenvalue weighted by atomic mass is 10.0. The molecule has 6 nitrogen and oxygen atoms in total. The maximum atomic E-state index is 12.4. The van der Waals surface area contributed by atoms with Gasteiger partial charge in [0.1, 0.15) is 6.54 Å². The normalized spacial score (nSPS) is 12.9. The zero-order valence-electron chi connectivity index (χ0n) is 14.9. The zero-order chi connectivity index (χ0) is 20.1. The summed E-state index contributed by atoms with van der Waals surface area (Å²) in [7, 11) is 0. The summed E-state index contributed by atoms with van der Waals surface area (Å²) >= 11 is 11.7. The van der Waals surface area contributed by atoms with Crippen LogP contribution in [-0.4, -0.2) is 37.5 Å². The van der Waals surface area contributed by atoms with Gasteiger partial charge in [0, 0.05) is 17.3 Å². The van der Waals surface area contributed by atoms with Crippen LogP contribution in [0.25, 0.3) is 0 Å². The number of halogens is 2. The van der Waals surface area contributed by atoms with E-state index in [0.717, 1.165) is 24.1 Å². The topological polar surface area (TPSA) is 75.7 Å². The average molecular weight is 421 g/mol. The Bertz CT molecular complexity index is 917. The van der Waals surface area contributed by atoms with Crippen LogP contribution in [0, 0.1) is 0 Å². The van der Waals surface area contributed by atoms with Crippen molar-refractivity contribution in [1.82, 2.24) is 5.32 Å². The highest BCUT2D eigenvalue weighted by atomic mass is 35.5. The first-order valence-electron chi connectivity index (χ1n) is 8.73. The van der Waals surface area contributed by atoms with Gasteiger partial charge in [0.2, 0.25) is 0 Å². The number of para-hydroxylation sites is 1. The van der Waals surface area contributed by atoms with E-state index < -0.39 is 11.9 Å². The quantitative estimate of drug-likeness (QED) is 0.753. The molecule has 1 aliphatic rings. The number of anilines is 1. The smallest absolute Gasteiger partial charge is 0.325 e. The number of hydrogen-bond acceptors (Lipinski definition) is 4. The SMILES string of the molecule is O=C(CNC(=O)c1ccc(Cl)cc1Cl)OCC(=O)N1CCCc2ccccc21. The molecule has 0 radical (unpaired) electrons. The van der Waals surface area contributed by atoms with Gasteiger partial charge in [-0.3, -0.25) is 14.4 Å². The van der Waals surface area contributed by atoms with E-state index in [1.54, 1.807) is 4.90 Å². The first kappa shape index (κ1) is 20.2. The Morgan fingerprint density at radius 3 is 2.68 bits per heavy atom. The van der Waals surface area contributed by atoms with Crippen LogP contribution in [0.4, 0.5) is 5.69 Å². The van der Waals surface area contributed by atoms with Crippen molar-refractivity contribution in [3.63, 3.8) is 0 Å². The molecule has 1 heterocycles. The minimum Gasteiger partial charge on any atom is -0.454 e. The number of esters is 1. The summed E-state index contributed by atoms with van der Waals surface area (Å²) in [6.07, 6.45) is 1.77. The summed E-state index contributed by atoms with van der Waals surface area (Å²) in [5.41, 5.74) is 2.14. The second kappa shape index (κ2) is 9.08. The van der Waals surface area contributed by atoms with Crippen molar-refractivity contribution in [2.75, 3.05) is 24.6 Å². The van der Waals surface area contributed by atoms with E-state index in [9.17, 15) is 14.4 Å². The zero-order valence-corrected chi connectivity index (χ0v) is 16.4. The molecule has 2 amide bonds. The van der Waals surface area contributed by atoms with E-state index >= 15 is 0 Å². The van der Waals surface area contributed by atoms with Gasteiger partial charge < -0.3 is 15.0 Å². The molecule has 2 aromatic rings. The van der Waals surface area contributed by atoms with Crippen LogP contribution in [0.5, 0.6) is 0 Å². The van der Waals surface area contributed by atoms with E-state index in [-0.39, 0.29) is 29.6 Å². The van der Waals surface area contributed by atoms with Crippen LogP contribution < -0.4 is 10.2 Å². The number of nitrogens with one attached hydrogen (secondary N) is 1. The highest BCUT2D eigenvalue weighted by molar-refractivity contribution is 6.36.